The van der Waals surface area contributed by atoms with E-state index in [9.17, 15) is 4.79 Å². The number of carboxylic acids is 1. The van der Waals surface area contributed by atoms with Gasteiger partial charge in [-0.05, 0) is 12.8 Å². The molecule has 1 N–H and O–H groups in total. The van der Waals surface area contributed by atoms with Crippen molar-refractivity contribution in [1.82, 2.24) is 0 Å². The van der Waals surface area contributed by atoms with Crippen molar-refractivity contribution in [2.75, 3.05) is 13.2 Å². The van der Waals surface area contributed by atoms with Crippen LogP contribution in [0.2, 0.25) is 0 Å². The van der Waals surface area contributed by atoms with Crippen molar-refractivity contribution in [1.29, 1.82) is 5.26 Å². The van der Waals surface area contributed by atoms with Gasteiger partial charge < -0.3 is 9.84 Å². The maximum Gasteiger partial charge on any atom is 0.345 e. The topological polar surface area (TPSA) is 70.3 Å². The standard InChI is InChI=1S/C4H3NO2.C4H8O/c1-3(2-5)4(6)7;1-2-4-5-3-1/h1H2,(H,6,7);1-4H2. The molecule has 66 valence electrons. The van der Waals surface area contributed by atoms with E-state index in [0.717, 1.165) is 13.2 Å². The number of ether oxygens (including phenoxy) is 1. The first-order valence-electron chi connectivity index (χ1n) is 3.58. The molecule has 1 aliphatic heterocycles. The van der Waals surface area contributed by atoms with Crippen molar-refractivity contribution in [3.8, 4) is 6.07 Å². The Morgan fingerprint density at radius 1 is 1.50 bits per heavy atom. The molecule has 0 spiro atoms. The number of nitrogens with zero attached hydrogens (tertiary/aromatic N) is 1. The summed E-state index contributed by atoms with van der Waals surface area (Å²) in [7, 11) is 0. The molecule has 0 aromatic heterocycles. The Bertz CT molecular complexity index is 193. The minimum atomic E-state index is -1.26. The van der Waals surface area contributed by atoms with E-state index >= 15 is 0 Å². The smallest absolute Gasteiger partial charge is 0.345 e. The summed E-state index contributed by atoms with van der Waals surface area (Å²) in [6.45, 7) is 4.91. The quantitative estimate of drug-likeness (QED) is 0.468. The maximum atomic E-state index is 9.61. The van der Waals surface area contributed by atoms with E-state index in [2.05, 4.69) is 6.58 Å². The number of hydrogen-bond acceptors (Lipinski definition) is 3. The Morgan fingerprint density at radius 3 is 2.08 bits per heavy atom. The van der Waals surface area contributed by atoms with Gasteiger partial charge in [0.05, 0.1) is 0 Å². The molecule has 0 amide bonds. The van der Waals surface area contributed by atoms with E-state index in [1.807, 2.05) is 0 Å². The normalized spacial score (nSPS) is 13.9. The molecule has 1 fully saturated rings. The predicted molar refractivity (Wildman–Crippen MR) is 42.4 cm³/mol. The third kappa shape index (κ3) is 5.45. The number of carbonyl (C=O) groups is 1. The van der Waals surface area contributed by atoms with Crippen LogP contribution in [0.3, 0.4) is 0 Å². The summed E-state index contributed by atoms with van der Waals surface area (Å²) in [5.41, 5.74) is -0.431. The number of nitriles is 1. The second-order valence-electron chi connectivity index (χ2n) is 2.21. The lowest BCUT2D eigenvalue weighted by atomic mass is 10.4. The van der Waals surface area contributed by atoms with Crippen LogP contribution in [-0.4, -0.2) is 24.3 Å². The highest BCUT2D eigenvalue weighted by Crippen LogP contribution is 1.98. The highest BCUT2D eigenvalue weighted by Gasteiger charge is 1.97. The van der Waals surface area contributed by atoms with Crippen molar-refractivity contribution in [3.63, 3.8) is 0 Å². The summed E-state index contributed by atoms with van der Waals surface area (Å²) in [5.74, 6) is -1.26. The molecule has 4 heteroatoms. The van der Waals surface area contributed by atoms with Gasteiger partial charge in [0, 0.05) is 13.2 Å². The van der Waals surface area contributed by atoms with Crippen LogP contribution >= 0.6 is 0 Å². The second-order valence-corrected chi connectivity index (χ2v) is 2.21. The van der Waals surface area contributed by atoms with Crippen molar-refractivity contribution >= 4 is 5.97 Å². The third-order valence-electron chi connectivity index (χ3n) is 1.22. The molecule has 4 nitrogen and oxygen atoms in total. The van der Waals surface area contributed by atoms with E-state index in [1.54, 1.807) is 0 Å². The Balaban J connectivity index is 0.000000211. The van der Waals surface area contributed by atoms with Crippen molar-refractivity contribution in [3.05, 3.63) is 12.2 Å². The van der Waals surface area contributed by atoms with Gasteiger partial charge in [0.25, 0.3) is 0 Å². The van der Waals surface area contributed by atoms with Crippen LogP contribution in [0.15, 0.2) is 12.2 Å². The SMILES string of the molecule is C1CCOC1.C=C(C#N)C(=O)O. The van der Waals surface area contributed by atoms with Crippen molar-refractivity contribution in [2.24, 2.45) is 0 Å². The molecule has 0 bridgehead atoms. The number of carboxylic acid groups (broad SMARTS) is 1. The lowest BCUT2D eigenvalue weighted by Gasteiger charge is -1.76. The molecular formula is C8H11NO3. The molecule has 1 heterocycles. The molecule has 0 radical (unpaired) electrons. The van der Waals surface area contributed by atoms with Gasteiger partial charge >= 0.3 is 5.97 Å². The Morgan fingerprint density at radius 2 is 2.00 bits per heavy atom. The molecule has 0 aromatic carbocycles. The van der Waals surface area contributed by atoms with Crippen LogP contribution in [0, 0.1) is 11.3 Å². The number of aliphatic carboxylic acids is 1. The molecule has 0 aliphatic carbocycles. The van der Waals surface area contributed by atoms with E-state index in [0.29, 0.717) is 0 Å². The van der Waals surface area contributed by atoms with Gasteiger partial charge in [-0.25, -0.2) is 4.79 Å². The first kappa shape index (κ1) is 10.7. The summed E-state index contributed by atoms with van der Waals surface area (Å²) in [4.78, 5) is 9.61. The van der Waals surface area contributed by atoms with Gasteiger partial charge in [-0.15, -0.1) is 0 Å². The maximum absolute atomic E-state index is 9.61. The largest absolute Gasteiger partial charge is 0.477 e. The van der Waals surface area contributed by atoms with Crippen LogP contribution in [-0.2, 0) is 9.53 Å². The molecule has 1 saturated heterocycles. The van der Waals surface area contributed by atoms with Gasteiger partial charge in [-0.3, -0.25) is 0 Å². The predicted octanol–water partition coefficient (Wildman–Crippen LogP) is 0.948. The van der Waals surface area contributed by atoms with Crippen LogP contribution in [0.5, 0.6) is 0 Å². The van der Waals surface area contributed by atoms with Crippen LogP contribution in [0.25, 0.3) is 0 Å². The summed E-state index contributed by atoms with van der Waals surface area (Å²) >= 11 is 0. The van der Waals surface area contributed by atoms with E-state index in [4.69, 9.17) is 15.1 Å². The lowest BCUT2D eigenvalue weighted by molar-refractivity contribution is -0.132. The molecule has 0 atom stereocenters. The first-order chi connectivity index (χ1) is 5.68. The highest BCUT2D eigenvalue weighted by molar-refractivity contribution is 5.90. The summed E-state index contributed by atoms with van der Waals surface area (Å²) in [6, 6.07) is 1.37. The monoisotopic (exact) mass is 169 g/mol. The lowest BCUT2D eigenvalue weighted by Crippen LogP contribution is -1.94. The zero-order valence-electron chi connectivity index (χ0n) is 6.75. The van der Waals surface area contributed by atoms with Gasteiger partial charge in [-0.2, -0.15) is 5.26 Å². The average Bonchev–Trinajstić information content (AvgIpc) is 2.59. The summed E-state index contributed by atoms with van der Waals surface area (Å²) < 4.78 is 4.94. The summed E-state index contributed by atoms with van der Waals surface area (Å²) in [6.07, 6.45) is 2.56. The molecule has 0 aromatic rings. The Labute approximate surface area is 71.1 Å². The summed E-state index contributed by atoms with van der Waals surface area (Å²) in [5, 5.41) is 15.6. The molecule has 12 heavy (non-hydrogen) atoms. The Hall–Kier alpha value is -1.34. The van der Waals surface area contributed by atoms with Crippen molar-refractivity contribution < 1.29 is 14.6 Å². The zero-order chi connectivity index (χ0) is 9.40. The first-order valence-corrected chi connectivity index (χ1v) is 3.58. The van der Waals surface area contributed by atoms with Crippen LogP contribution in [0.4, 0.5) is 0 Å². The van der Waals surface area contributed by atoms with E-state index < -0.39 is 11.5 Å². The van der Waals surface area contributed by atoms with Gasteiger partial charge in [-0.1, -0.05) is 6.58 Å². The highest BCUT2D eigenvalue weighted by atomic mass is 16.5. The molecular weight excluding hydrogens is 158 g/mol. The molecule has 0 unspecified atom stereocenters. The minimum Gasteiger partial charge on any atom is -0.477 e. The average molecular weight is 169 g/mol. The third-order valence-corrected chi connectivity index (χ3v) is 1.22. The molecule has 1 rings (SSSR count). The fourth-order valence-electron chi connectivity index (χ4n) is 0.558. The number of hydrogen-bond donors (Lipinski definition) is 1. The van der Waals surface area contributed by atoms with Crippen LogP contribution in [0.1, 0.15) is 12.8 Å². The fraction of sp³-hybridized carbons (Fsp3) is 0.500. The number of rotatable bonds is 1. The zero-order valence-corrected chi connectivity index (χ0v) is 6.75. The minimum absolute atomic E-state index is 0.431. The van der Waals surface area contributed by atoms with Gasteiger partial charge in [0.1, 0.15) is 11.6 Å². The fourth-order valence-corrected chi connectivity index (χ4v) is 0.558. The molecule has 1 aliphatic rings. The second kappa shape index (κ2) is 6.38. The van der Waals surface area contributed by atoms with Crippen LogP contribution < -0.4 is 0 Å². The van der Waals surface area contributed by atoms with Gasteiger partial charge in [0.2, 0.25) is 0 Å². The van der Waals surface area contributed by atoms with Crippen molar-refractivity contribution in [2.45, 2.75) is 12.8 Å². The Kier molecular flexibility index (Phi) is 5.66. The van der Waals surface area contributed by atoms with Gasteiger partial charge in [0.15, 0.2) is 0 Å². The molecule has 0 saturated carbocycles. The van der Waals surface area contributed by atoms with E-state index in [-0.39, 0.29) is 0 Å². The van der Waals surface area contributed by atoms with E-state index in [1.165, 1.54) is 18.9 Å².